The van der Waals surface area contributed by atoms with Gasteiger partial charge in [-0.2, -0.15) is 0 Å². The van der Waals surface area contributed by atoms with Gasteiger partial charge in [-0.15, -0.1) is 10.2 Å². The second-order valence-electron chi connectivity index (χ2n) is 9.97. The average molecular weight is 521 g/mol. The summed E-state index contributed by atoms with van der Waals surface area (Å²) in [5.41, 5.74) is 2.61. The fraction of sp³-hybridized carbons (Fsp3) is 0.370. The molecule has 0 unspecified atom stereocenters. The van der Waals surface area contributed by atoms with E-state index >= 15 is 0 Å². The van der Waals surface area contributed by atoms with Crippen LogP contribution in [-0.4, -0.2) is 43.3 Å². The second-order valence-corrected chi connectivity index (χ2v) is 10.9. The van der Waals surface area contributed by atoms with Gasteiger partial charge in [0, 0.05) is 24.3 Å². The van der Waals surface area contributed by atoms with Gasteiger partial charge in [-0.25, -0.2) is 0 Å². The first-order valence-corrected chi connectivity index (χ1v) is 13.3. The molecular formula is C27H32N6O3S. The third kappa shape index (κ3) is 6.02. The molecule has 4 aromatic rings. The predicted octanol–water partition coefficient (Wildman–Crippen LogP) is 4.13. The maximum Gasteiger partial charge on any atom is 0.262 e. The number of fused-ring (bicyclic) bond motifs is 3. The zero-order valence-corrected chi connectivity index (χ0v) is 22.6. The van der Waals surface area contributed by atoms with Crippen LogP contribution in [-0.2, 0) is 11.3 Å². The Kier molecular flexibility index (Phi) is 7.97. The van der Waals surface area contributed by atoms with E-state index in [1.54, 1.807) is 27.2 Å². The molecule has 9 nitrogen and oxygen atoms in total. The maximum absolute atomic E-state index is 13.4. The van der Waals surface area contributed by atoms with E-state index in [1.807, 2.05) is 58.9 Å². The fourth-order valence-corrected chi connectivity index (χ4v) is 4.65. The summed E-state index contributed by atoms with van der Waals surface area (Å²) in [6, 6.07) is 12.6. The molecule has 2 aromatic carbocycles. The van der Waals surface area contributed by atoms with Gasteiger partial charge >= 0.3 is 0 Å². The molecule has 0 saturated carbocycles. The van der Waals surface area contributed by atoms with Crippen molar-refractivity contribution >= 4 is 45.9 Å². The summed E-state index contributed by atoms with van der Waals surface area (Å²) in [6.45, 7) is 11.1. The van der Waals surface area contributed by atoms with Crippen LogP contribution in [0.4, 0.5) is 5.69 Å². The highest BCUT2D eigenvalue weighted by Crippen LogP contribution is 2.23. The summed E-state index contributed by atoms with van der Waals surface area (Å²) in [6.07, 6.45) is 0. The Morgan fingerprint density at radius 3 is 2.41 bits per heavy atom. The zero-order chi connectivity index (χ0) is 26.7. The molecule has 2 heterocycles. The minimum atomic E-state index is -0.213. The van der Waals surface area contributed by atoms with Crippen molar-refractivity contribution < 1.29 is 9.59 Å². The number of hydrogen-bond donors (Lipinski definition) is 2. The van der Waals surface area contributed by atoms with E-state index in [4.69, 9.17) is 0 Å². The molecule has 2 amide bonds. The molecule has 194 valence electrons. The van der Waals surface area contributed by atoms with Crippen molar-refractivity contribution in [1.82, 2.24) is 24.5 Å². The number of carbonyl (C=O) groups is 2. The Hall–Kier alpha value is -3.66. The Bertz CT molecular complexity index is 1500. The quantitative estimate of drug-likeness (QED) is 0.321. The van der Waals surface area contributed by atoms with Crippen LogP contribution >= 0.6 is 11.8 Å². The smallest absolute Gasteiger partial charge is 0.262 e. The summed E-state index contributed by atoms with van der Waals surface area (Å²) in [7, 11) is 0. The van der Waals surface area contributed by atoms with Crippen LogP contribution < -0.4 is 16.2 Å². The van der Waals surface area contributed by atoms with E-state index in [-0.39, 0.29) is 29.0 Å². The lowest BCUT2D eigenvalue weighted by Crippen LogP contribution is -2.28. The number of nitrogens with zero attached hydrogens (tertiary/aromatic N) is 4. The van der Waals surface area contributed by atoms with E-state index in [2.05, 4.69) is 20.8 Å². The number of nitrogens with one attached hydrogen (secondary N) is 2. The van der Waals surface area contributed by atoms with Gasteiger partial charge in [0.1, 0.15) is 0 Å². The average Bonchev–Trinajstić information content (AvgIpc) is 3.28. The van der Waals surface area contributed by atoms with Crippen LogP contribution in [0.1, 0.15) is 43.6 Å². The number of rotatable bonds is 9. The van der Waals surface area contributed by atoms with Crippen LogP contribution in [0.5, 0.6) is 0 Å². The van der Waals surface area contributed by atoms with Crippen LogP contribution in [0.15, 0.2) is 52.4 Å². The molecule has 0 atom stereocenters. The number of aromatic nitrogens is 4. The number of benzene rings is 2. The number of carbonyl (C=O) groups excluding carboxylic acids is 2. The van der Waals surface area contributed by atoms with E-state index in [0.717, 1.165) is 11.3 Å². The molecule has 2 aromatic heterocycles. The van der Waals surface area contributed by atoms with Crippen molar-refractivity contribution in [3.05, 3.63) is 63.9 Å². The monoisotopic (exact) mass is 520 g/mol. The van der Waals surface area contributed by atoms with Crippen molar-refractivity contribution in [2.75, 3.05) is 17.6 Å². The van der Waals surface area contributed by atoms with Crippen molar-refractivity contribution in [3.8, 4) is 0 Å². The van der Waals surface area contributed by atoms with Crippen LogP contribution in [0.3, 0.4) is 0 Å². The van der Waals surface area contributed by atoms with Gasteiger partial charge in [0.05, 0.1) is 16.7 Å². The van der Waals surface area contributed by atoms with Crippen molar-refractivity contribution in [2.24, 2.45) is 11.8 Å². The predicted molar refractivity (Wildman–Crippen MR) is 147 cm³/mol. The molecule has 2 N–H and O–H groups in total. The molecule has 4 rings (SSSR count). The van der Waals surface area contributed by atoms with Gasteiger partial charge < -0.3 is 10.6 Å². The topological polar surface area (TPSA) is 110 Å². The Labute approximate surface area is 219 Å². The number of hydrogen-bond acceptors (Lipinski definition) is 6. The number of anilines is 1. The maximum atomic E-state index is 13.4. The third-order valence-corrected chi connectivity index (χ3v) is 6.65. The molecule has 0 aliphatic rings. The van der Waals surface area contributed by atoms with Gasteiger partial charge in [0.15, 0.2) is 5.16 Å². The Morgan fingerprint density at radius 2 is 1.73 bits per heavy atom. The molecule has 0 saturated heterocycles. The van der Waals surface area contributed by atoms with Crippen LogP contribution in [0.25, 0.3) is 16.7 Å². The van der Waals surface area contributed by atoms with Crippen LogP contribution in [0.2, 0.25) is 0 Å². The molecular weight excluding hydrogens is 488 g/mol. The summed E-state index contributed by atoms with van der Waals surface area (Å²) in [4.78, 5) is 38.8. The largest absolute Gasteiger partial charge is 0.352 e. The van der Waals surface area contributed by atoms with Gasteiger partial charge in [-0.3, -0.25) is 23.4 Å². The minimum Gasteiger partial charge on any atom is -0.352 e. The molecule has 0 aliphatic carbocycles. The van der Waals surface area contributed by atoms with E-state index < -0.39 is 0 Å². The highest BCUT2D eigenvalue weighted by atomic mass is 32.2. The van der Waals surface area contributed by atoms with E-state index in [0.29, 0.717) is 46.4 Å². The highest BCUT2D eigenvalue weighted by Gasteiger charge is 2.20. The van der Waals surface area contributed by atoms with Gasteiger partial charge in [0.2, 0.25) is 11.7 Å². The number of aryl methyl sites for hydroxylation is 1. The molecule has 37 heavy (non-hydrogen) atoms. The van der Waals surface area contributed by atoms with Crippen molar-refractivity contribution in [1.29, 1.82) is 0 Å². The summed E-state index contributed by atoms with van der Waals surface area (Å²) in [5, 5.41) is 15.4. The Morgan fingerprint density at radius 1 is 1.00 bits per heavy atom. The Balaban J connectivity index is 1.72. The van der Waals surface area contributed by atoms with E-state index in [9.17, 15) is 14.4 Å². The molecule has 0 radical (unpaired) electrons. The van der Waals surface area contributed by atoms with Crippen molar-refractivity contribution in [2.45, 2.75) is 46.3 Å². The SMILES string of the molecule is Cc1ccc(NC(=O)CSc2nnc3n(CC(C)C)c(=O)c4ccc(C(=O)NCC(C)C)cc4n23)cc1. The molecule has 0 aliphatic heterocycles. The second kappa shape index (κ2) is 11.2. The first kappa shape index (κ1) is 26.4. The zero-order valence-electron chi connectivity index (χ0n) is 21.7. The van der Waals surface area contributed by atoms with Gasteiger partial charge in [-0.1, -0.05) is 57.2 Å². The van der Waals surface area contributed by atoms with Gasteiger partial charge in [0.25, 0.3) is 11.5 Å². The first-order valence-electron chi connectivity index (χ1n) is 12.3. The summed E-state index contributed by atoms with van der Waals surface area (Å²) < 4.78 is 3.37. The summed E-state index contributed by atoms with van der Waals surface area (Å²) in [5.74, 6) is 0.606. The lowest BCUT2D eigenvalue weighted by Gasteiger charge is -2.14. The third-order valence-electron chi connectivity index (χ3n) is 5.72. The molecule has 0 bridgehead atoms. The normalized spacial score (nSPS) is 11.5. The van der Waals surface area contributed by atoms with Gasteiger partial charge in [-0.05, 0) is 49.1 Å². The minimum absolute atomic E-state index is 0.105. The standard InChI is InChI=1S/C27H32N6O3S/c1-16(2)13-28-24(35)19-8-11-21-22(12-19)33-26(32(25(21)36)14-17(3)4)30-31-27(33)37-15-23(34)29-20-9-6-18(5)7-10-20/h6-12,16-17H,13-15H2,1-5H3,(H,28,35)(H,29,34). The molecule has 0 fully saturated rings. The summed E-state index contributed by atoms with van der Waals surface area (Å²) >= 11 is 1.23. The lowest BCUT2D eigenvalue weighted by molar-refractivity contribution is -0.113. The number of thioether (sulfide) groups is 1. The lowest BCUT2D eigenvalue weighted by atomic mass is 10.1. The number of amides is 2. The van der Waals surface area contributed by atoms with Crippen LogP contribution in [0, 0.1) is 18.8 Å². The molecule has 0 spiro atoms. The first-order chi connectivity index (χ1) is 17.6. The highest BCUT2D eigenvalue weighted by molar-refractivity contribution is 7.99. The molecule has 10 heteroatoms. The fourth-order valence-electron chi connectivity index (χ4n) is 3.91. The van der Waals surface area contributed by atoms with Crippen molar-refractivity contribution in [3.63, 3.8) is 0 Å². The van der Waals surface area contributed by atoms with E-state index in [1.165, 1.54) is 11.8 Å².